The number of hydrogen-bond donors (Lipinski definition) is 0. The van der Waals surface area contributed by atoms with Gasteiger partial charge in [0.15, 0.2) is 0 Å². The molecule has 0 heterocycles. The molecule has 0 aromatic heterocycles. The van der Waals surface area contributed by atoms with Crippen LogP contribution in [0.2, 0.25) is 0 Å². The van der Waals surface area contributed by atoms with Crippen LogP contribution in [0.4, 0.5) is 0 Å². The third-order valence-corrected chi connectivity index (χ3v) is 4.29. The first kappa shape index (κ1) is 17.0. The lowest BCUT2D eigenvalue weighted by Gasteiger charge is -2.11. The van der Waals surface area contributed by atoms with Crippen molar-refractivity contribution in [3.8, 4) is 0 Å². The maximum Gasteiger partial charge on any atom is 0.00559 e. The fraction of sp³-hybridized carbons (Fsp3) is 0.120. The van der Waals surface area contributed by atoms with Crippen LogP contribution >= 0.6 is 0 Å². The van der Waals surface area contributed by atoms with E-state index in [1.54, 1.807) is 0 Å². The van der Waals surface area contributed by atoms with E-state index in [9.17, 15) is 0 Å². The smallest absolute Gasteiger partial charge is 0.00559 e. The summed E-state index contributed by atoms with van der Waals surface area (Å²) in [6, 6.07) is 29.8. The average molecular weight is 324 g/mol. The molecule has 0 saturated carbocycles. The van der Waals surface area contributed by atoms with Crippen molar-refractivity contribution in [2.24, 2.45) is 0 Å². The van der Waals surface area contributed by atoms with Crippen LogP contribution in [0, 0.1) is 6.92 Å². The zero-order valence-electron chi connectivity index (χ0n) is 14.7. The number of benzene rings is 3. The van der Waals surface area contributed by atoms with Gasteiger partial charge in [-0.2, -0.15) is 0 Å². The molecule has 0 bridgehead atoms. The molecule has 0 spiro atoms. The lowest BCUT2D eigenvalue weighted by atomic mass is 9.94. The summed E-state index contributed by atoms with van der Waals surface area (Å²) in [6.07, 6.45) is 10.0. The van der Waals surface area contributed by atoms with Crippen LogP contribution in [-0.4, -0.2) is 0 Å². The standard InChI is InChI=1S/C25H24/c1-21-10-8-13-23(20-21)14-9-17-25(24-15-6-3-7-16-24)19-18-22-11-4-2-5-12-22/h2-16,18-20,25H,17H2,1H3/b14-9+,19-18+. The van der Waals surface area contributed by atoms with Crippen LogP contribution < -0.4 is 0 Å². The molecule has 0 heteroatoms. The highest BCUT2D eigenvalue weighted by atomic mass is 14.1. The molecule has 3 rings (SSSR count). The van der Waals surface area contributed by atoms with Gasteiger partial charge in [-0.1, -0.05) is 115 Å². The monoisotopic (exact) mass is 324 g/mol. The van der Waals surface area contributed by atoms with Crippen LogP contribution in [0.1, 0.15) is 34.6 Å². The van der Waals surface area contributed by atoms with E-state index in [1.807, 2.05) is 0 Å². The van der Waals surface area contributed by atoms with Crippen molar-refractivity contribution in [3.63, 3.8) is 0 Å². The van der Waals surface area contributed by atoms with Crippen LogP contribution in [0.5, 0.6) is 0 Å². The lowest BCUT2D eigenvalue weighted by molar-refractivity contribution is 0.870. The van der Waals surface area contributed by atoms with Gasteiger partial charge in [0.2, 0.25) is 0 Å². The van der Waals surface area contributed by atoms with Crippen molar-refractivity contribution >= 4 is 12.2 Å². The fourth-order valence-electron chi connectivity index (χ4n) is 2.94. The SMILES string of the molecule is Cc1cccc(/C=C/CC(/C=C/c2ccccc2)c2ccccc2)c1. The quantitative estimate of drug-likeness (QED) is 0.463. The van der Waals surface area contributed by atoms with Gasteiger partial charge in [0.25, 0.3) is 0 Å². The minimum absolute atomic E-state index is 0.377. The molecule has 0 nitrogen and oxygen atoms in total. The van der Waals surface area contributed by atoms with Gasteiger partial charge in [-0.05, 0) is 30.0 Å². The molecular formula is C25H24. The topological polar surface area (TPSA) is 0 Å². The maximum atomic E-state index is 2.31. The molecule has 3 aromatic rings. The predicted octanol–water partition coefficient (Wildman–Crippen LogP) is 6.90. The highest BCUT2D eigenvalue weighted by molar-refractivity contribution is 5.52. The summed E-state index contributed by atoms with van der Waals surface area (Å²) in [7, 11) is 0. The van der Waals surface area contributed by atoms with E-state index in [-0.39, 0.29) is 0 Å². The Bertz CT molecular complexity index is 826. The normalized spacial score (nSPS) is 12.7. The van der Waals surface area contributed by atoms with E-state index in [1.165, 1.54) is 22.3 Å². The third-order valence-electron chi connectivity index (χ3n) is 4.29. The second-order valence-electron chi connectivity index (χ2n) is 6.34. The predicted molar refractivity (Wildman–Crippen MR) is 109 cm³/mol. The van der Waals surface area contributed by atoms with Crippen molar-refractivity contribution in [3.05, 3.63) is 119 Å². The summed E-state index contributed by atoms with van der Waals surface area (Å²) < 4.78 is 0. The summed E-state index contributed by atoms with van der Waals surface area (Å²) in [5.41, 5.74) is 5.15. The van der Waals surface area contributed by atoms with E-state index < -0.39 is 0 Å². The van der Waals surface area contributed by atoms with E-state index in [0.29, 0.717) is 5.92 Å². The molecule has 0 saturated heterocycles. The molecule has 124 valence electrons. The largest absolute Gasteiger partial charge is 0.0830 e. The molecule has 0 fully saturated rings. The van der Waals surface area contributed by atoms with Crippen LogP contribution in [0.3, 0.4) is 0 Å². The molecule has 25 heavy (non-hydrogen) atoms. The molecule has 3 aromatic carbocycles. The summed E-state index contributed by atoms with van der Waals surface area (Å²) in [4.78, 5) is 0. The van der Waals surface area contributed by atoms with E-state index in [0.717, 1.165) is 6.42 Å². The minimum atomic E-state index is 0.377. The average Bonchev–Trinajstić information content (AvgIpc) is 2.66. The minimum Gasteiger partial charge on any atom is -0.0830 e. The van der Waals surface area contributed by atoms with Crippen LogP contribution in [-0.2, 0) is 0 Å². The molecule has 0 aliphatic rings. The number of rotatable bonds is 6. The fourth-order valence-corrected chi connectivity index (χ4v) is 2.94. The van der Waals surface area contributed by atoms with Gasteiger partial charge in [-0.25, -0.2) is 0 Å². The highest BCUT2D eigenvalue weighted by Crippen LogP contribution is 2.23. The Hall–Kier alpha value is -2.86. The first-order valence-electron chi connectivity index (χ1n) is 8.83. The Labute approximate surface area is 151 Å². The molecule has 0 aliphatic heterocycles. The van der Waals surface area contributed by atoms with E-state index >= 15 is 0 Å². The molecule has 1 atom stereocenters. The zero-order chi connectivity index (χ0) is 17.3. The molecule has 0 N–H and O–H groups in total. The Morgan fingerprint density at radius 1 is 0.720 bits per heavy atom. The lowest BCUT2D eigenvalue weighted by Crippen LogP contribution is -1.93. The Morgan fingerprint density at radius 2 is 1.40 bits per heavy atom. The van der Waals surface area contributed by atoms with E-state index in [2.05, 4.69) is 116 Å². The molecule has 0 amide bonds. The molecule has 1 unspecified atom stereocenters. The molecule has 0 radical (unpaired) electrons. The number of allylic oxidation sites excluding steroid dienone is 2. The van der Waals surface area contributed by atoms with Gasteiger partial charge in [-0.15, -0.1) is 0 Å². The Kier molecular flexibility index (Phi) is 6.01. The summed E-state index contributed by atoms with van der Waals surface area (Å²) in [5.74, 6) is 0.377. The second-order valence-corrected chi connectivity index (χ2v) is 6.34. The third kappa shape index (κ3) is 5.32. The van der Waals surface area contributed by atoms with Gasteiger partial charge in [0.05, 0.1) is 0 Å². The maximum absolute atomic E-state index is 2.31. The summed E-state index contributed by atoms with van der Waals surface area (Å²) in [6.45, 7) is 2.13. The molecular weight excluding hydrogens is 300 g/mol. The first-order valence-corrected chi connectivity index (χ1v) is 8.83. The van der Waals surface area contributed by atoms with Gasteiger partial charge < -0.3 is 0 Å². The van der Waals surface area contributed by atoms with Crippen LogP contribution in [0.15, 0.2) is 97.1 Å². The van der Waals surface area contributed by atoms with Gasteiger partial charge in [0.1, 0.15) is 0 Å². The van der Waals surface area contributed by atoms with Crippen molar-refractivity contribution in [2.75, 3.05) is 0 Å². The first-order chi connectivity index (χ1) is 12.3. The Morgan fingerprint density at radius 3 is 2.12 bits per heavy atom. The van der Waals surface area contributed by atoms with Crippen LogP contribution in [0.25, 0.3) is 12.2 Å². The van der Waals surface area contributed by atoms with Gasteiger partial charge in [-0.3, -0.25) is 0 Å². The Balaban J connectivity index is 1.76. The van der Waals surface area contributed by atoms with Crippen molar-refractivity contribution in [1.29, 1.82) is 0 Å². The van der Waals surface area contributed by atoms with Crippen molar-refractivity contribution < 1.29 is 0 Å². The van der Waals surface area contributed by atoms with Crippen molar-refractivity contribution in [2.45, 2.75) is 19.3 Å². The zero-order valence-corrected chi connectivity index (χ0v) is 14.7. The number of aryl methyl sites for hydroxylation is 1. The summed E-state index contributed by atoms with van der Waals surface area (Å²) >= 11 is 0. The summed E-state index contributed by atoms with van der Waals surface area (Å²) in [5, 5.41) is 0. The molecule has 0 aliphatic carbocycles. The highest BCUT2D eigenvalue weighted by Gasteiger charge is 2.05. The number of hydrogen-bond acceptors (Lipinski definition) is 0. The second kappa shape index (κ2) is 8.84. The van der Waals surface area contributed by atoms with Gasteiger partial charge in [0, 0.05) is 5.92 Å². The van der Waals surface area contributed by atoms with Gasteiger partial charge >= 0.3 is 0 Å². The van der Waals surface area contributed by atoms with Crippen molar-refractivity contribution in [1.82, 2.24) is 0 Å². The van der Waals surface area contributed by atoms with E-state index in [4.69, 9.17) is 0 Å².